The normalized spacial score (nSPS) is 18.7. The first-order valence-corrected chi connectivity index (χ1v) is 8.62. The van der Waals surface area contributed by atoms with Crippen LogP contribution < -0.4 is 16.0 Å². The molecule has 3 N–H and O–H groups in total. The number of amides is 6. The van der Waals surface area contributed by atoms with Crippen molar-refractivity contribution in [2.24, 2.45) is 0 Å². The molecule has 0 radical (unpaired) electrons. The van der Waals surface area contributed by atoms with Crippen molar-refractivity contribution >= 4 is 23.9 Å². The van der Waals surface area contributed by atoms with E-state index in [0.29, 0.717) is 5.76 Å². The summed E-state index contributed by atoms with van der Waals surface area (Å²) in [5.41, 5.74) is -0.537. The molecule has 1 aromatic carbocycles. The van der Waals surface area contributed by atoms with Crippen molar-refractivity contribution in [3.8, 4) is 0 Å². The number of nitrogens with zero attached hydrogens (tertiary/aromatic N) is 1. The van der Waals surface area contributed by atoms with Crippen molar-refractivity contribution in [2.45, 2.75) is 25.9 Å². The lowest BCUT2D eigenvalue weighted by atomic mass is 9.99. The van der Waals surface area contributed by atoms with Crippen LogP contribution in [0.15, 0.2) is 46.9 Å². The molecule has 9 nitrogen and oxygen atoms in total. The van der Waals surface area contributed by atoms with E-state index >= 15 is 0 Å². The van der Waals surface area contributed by atoms with Gasteiger partial charge in [-0.25, -0.2) is 9.59 Å². The van der Waals surface area contributed by atoms with Gasteiger partial charge in [0, 0.05) is 6.54 Å². The van der Waals surface area contributed by atoms with Gasteiger partial charge in [0.15, 0.2) is 5.54 Å². The molecule has 0 bridgehead atoms. The molecule has 1 saturated heterocycles. The van der Waals surface area contributed by atoms with E-state index < -0.39 is 36.0 Å². The first kappa shape index (κ1) is 19.2. The standard InChI is InChI=1S/C19H20N4O5/c1-12-8-9-14(28-12)19(2)16(25)23(18(27)22-19)11-15(24)21-17(26)20-10-13-6-4-3-5-7-13/h3-9H,10-11H2,1-2H3,(H,22,27)(H2,20,21,24,26). The second kappa shape index (κ2) is 7.55. The largest absolute Gasteiger partial charge is 0.463 e. The Morgan fingerprint density at radius 2 is 1.86 bits per heavy atom. The molecule has 3 rings (SSSR count). The van der Waals surface area contributed by atoms with Gasteiger partial charge in [-0.2, -0.15) is 0 Å². The van der Waals surface area contributed by atoms with E-state index in [9.17, 15) is 19.2 Å². The Kier molecular flexibility index (Phi) is 5.16. The van der Waals surface area contributed by atoms with Crippen molar-refractivity contribution in [3.63, 3.8) is 0 Å². The molecule has 1 unspecified atom stereocenters. The lowest BCUT2D eigenvalue weighted by Gasteiger charge is -2.19. The summed E-state index contributed by atoms with van der Waals surface area (Å²) in [5.74, 6) is -0.558. The van der Waals surface area contributed by atoms with Crippen molar-refractivity contribution in [1.29, 1.82) is 0 Å². The summed E-state index contributed by atoms with van der Waals surface area (Å²) in [5, 5.41) is 7.16. The summed E-state index contributed by atoms with van der Waals surface area (Å²) >= 11 is 0. The van der Waals surface area contributed by atoms with Crippen LogP contribution in [0.2, 0.25) is 0 Å². The van der Waals surface area contributed by atoms with E-state index in [0.717, 1.165) is 10.5 Å². The van der Waals surface area contributed by atoms with E-state index in [2.05, 4.69) is 16.0 Å². The van der Waals surface area contributed by atoms with Gasteiger partial charge in [-0.3, -0.25) is 19.8 Å². The van der Waals surface area contributed by atoms with E-state index in [1.165, 1.54) is 6.92 Å². The minimum Gasteiger partial charge on any atom is -0.463 e. The molecule has 9 heteroatoms. The van der Waals surface area contributed by atoms with Crippen LogP contribution in [-0.2, 0) is 21.7 Å². The quantitative estimate of drug-likeness (QED) is 0.673. The minimum atomic E-state index is -1.40. The van der Waals surface area contributed by atoms with Gasteiger partial charge in [-0.1, -0.05) is 30.3 Å². The number of benzene rings is 1. The van der Waals surface area contributed by atoms with Crippen LogP contribution in [-0.4, -0.2) is 35.3 Å². The zero-order valence-corrected chi connectivity index (χ0v) is 15.4. The Morgan fingerprint density at radius 1 is 1.14 bits per heavy atom. The van der Waals surface area contributed by atoms with Crippen LogP contribution in [0, 0.1) is 6.92 Å². The Balaban J connectivity index is 1.57. The van der Waals surface area contributed by atoms with Gasteiger partial charge in [0.25, 0.3) is 5.91 Å². The molecule has 6 amide bonds. The molecule has 0 saturated carbocycles. The van der Waals surface area contributed by atoms with Crippen LogP contribution in [0.5, 0.6) is 0 Å². The zero-order valence-electron chi connectivity index (χ0n) is 15.4. The molecule has 0 spiro atoms. The molecular formula is C19H20N4O5. The highest BCUT2D eigenvalue weighted by atomic mass is 16.3. The Bertz CT molecular complexity index is 923. The van der Waals surface area contributed by atoms with Crippen LogP contribution in [0.1, 0.15) is 24.0 Å². The lowest BCUT2D eigenvalue weighted by molar-refractivity contribution is -0.135. The molecular weight excluding hydrogens is 364 g/mol. The fourth-order valence-electron chi connectivity index (χ4n) is 2.84. The molecule has 1 atom stereocenters. The lowest BCUT2D eigenvalue weighted by Crippen LogP contribution is -2.46. The number of furan rings is 1. The average molecular weight is 384 g/mol. The number of nitrogens with one attached hydrogen (secondary N) is 3. The summed E-state index contributed by atoms with van der Waals surface area (Å²) in [7, 11) is 0. The number of hydrogen-bond donors (Lipinski definition) is 3. The zero-order chi connectivity index (χ0) is 20.3. The third kappa shape index (κ3) is 3.88. The number of carbonyl (C=O) groups excluding carboxylic acids is 4. The van der Waals surface area contributed by atoms with E-state index in [4.69, 9.17) is 4.42 Å². The molecule has 2 heterocycles. The number of aryl methyl sites for hydroxylation is 1. The highest BCUT2D eigenvalue weighted by molar-refractivity contribution is 6.09. The van der Waals surface area contributed by atoms with E-state index in [1.54, 1.807) is 19.1 Å². The van der Waals surface area contributed by atoms with E-state index in [1.807, 2.05) is 30.3 Å². The number of hydrogen-bond acceptors (Lipinski definition) is 5. The van der Waals surface area contributed by atoms with Crippen LogP contribution >= 0.6 is 0 Å². The number of rotatable bonds is 5. The average Bonchev–Trinajstić information content (AvgIpc) is 3.19. The van der Waals surface area contributed by atoms with Crippen molar-refractivity contribution in [1.82, 2.24) is 20.9 Å². The molecule has 0 aliphatic carbocycles. The van der Waals surface area contributed by atoms with Gasteiger partial charge in [0.2, 0.25) is 5.91 Å². The molecule has 146 valence electrons. The molecule has 1 fully saturated rings. The predicted molar refractivity (Wildman–Crippen MR) is 97.9 cm³/mol. The Morgan fingerprint density at radius 3 is 2.50 bits per heavy atom. The van der Waals surface area contributed by atoms with Crippen molar-refractivity contribution in [3.05, 3.63) is 59.5 Å². The monoisotopic (exact) mass is 384 g/mol. The van der Waals surface area contributed by atoms with E-state index in [-0.39, 0.29) is 12.3 Å². The maximum Gasteiger partial charge on any atom is 0.325 e. The second-order valence-electron chi connectivity index (χ2n) is 6.57. The Hall–Kier alpha value is -3.62. The predicted octanol–water partition coefficient (Wildman–Crippen LogP) is 1.38. The van der Waals surface area contributed by atoms with Crippen LogP contribution in [0.3, 0.4) is 0 Å². The molecule has 1 aliphatic heterocycles. The fraction of sp³-hybridized carbons (Fsp3) is 0.263. The van der Waals surface area contributed by atoms with Crippen LogP contribution in [0.4, 0.5) is 9.59 Å². The maximum atomic E-state index is 12.7. The summed E-state index contributed by atoms with van der Waals surface area (Å²) in [4.78, 5) is 49.6. The van der Waals surface area contributed by atoms with Crippen LogP contribution in [0.25, 0.3) is 0 Å². The summed E-state index contributed by atoms with van der Waals surface area (Å²) < 4.78 is 5.45. The highest BCUT2D eigenvalue weighted by Gasteiger charge is 2.51. The minimum absolute atomic E-state index is 0.235. The smallest absolute Gasteiger partial charge is 0.325 e. The summed E-state index contributed by atoms with van der Waals surface area (Å²) in [6, 6.07) is 11.0. The molecule has 1 aliphatic rings. The van der Waals surface area contributed by atoms with Crippen molar-refractivity contribution < 1.29 is 23.6 Å². The summed E-state index contributed by atoms with van der Waals surface area (Å²) in [6.07, 6.45) is 0. The van der Waals surface area contributed by atoms with Gasteiger partial charge in [-0.15, -0.1) is 0 Å². The van der Waals surface area contributed by atoms with Gasteiger partial charge < -0.3 is 15.1 Å². The van der Waals surface area contributed by atoms with Gasteiger partial charge >= 0.3 is 12.1 Å². The van der Waals surface area contributed by atoms with Gasteiger partial charge in [0.1, 0.15) is 18.1 Å². The summed E-state index contributed by atoms with van der Waals surface area (Å²) in [6.45, 7) is 2.86. The number of urea groups is 2. The maximum absolute atomic E-state index is 12.7. The first-order chi connectivity index (χ1) is 13.3. The fourth-order valence-corrected chi connectivity index (χ4v) is 2.84. The van der Waals surface area contributed by atoms with Crippen molar-refractivity contribution in [2.75, 3.05) is 6.54 Å². The Labute approximate surface area is 161 Å². The molecule has 28 heavy (non-hydrogen) atoms. The second-order valence-corrected chi connectivity index (χ2v) is 6.57. The third-order valence-electron chi connectivity index (χ3n) is 4.36. The van der Waals surface area contributed by atoms with Gasteiger partial charge in [-0.05, 0) is 31.5 Å². The topological polar surface area (TPSA) is 121 Å². The molecule has 2 aromatic rings. The molecule has 1 aromatic heterocycles. The first-order valence-electron chi connectivity index (χ1n) is 8.62. The number of carbonyl (C=O) groups is 4. The highest BCUT2D eigenvalue weighted by Crippen LogP contribution is 2.29. The SMILES string of the molecule is Cc1ccc(C2(C)NC(=O)N(CC(=O)NC(=O)NCc3ccccc3)C2=O)o1. The number of imide groups is 2. The third-order valence-corrected chi connectivity index (χ3v) is 4.36. The van der Waals surface area contributed by atoms with Gasteiger partial charge in [0.05, 0.1) is 0 Å².